The predicted molar refractivity (Wildman–Crippen MR) is 116 cm³/mol. The van der Waals surface area contributed by atoms with E-state index in [9.17, 15) is 9.59 Å². The van der Waals surface area contributed by atoms with Crippen LogP contribution in [-0.2, 0) is 0 Å². The number of carbonyl (C=O) groups excluding carboxylic acids is 1. The second-order valence-electron chi connectivity index (χ2n) is 7.46. The Kier molecular flexibility index (Phi) is 5.33. The smallest absolute Gasteiger partial charge is 0.428 e. The number of benzene rings is 1. The summed E-state index contributed by atoms with van der Waals surface area (Å²) in [6.45, 7) is 3.55. The molecule has 1 fully saturated rings. The molecule has 3 aromatic rings. The minimum Gasteiger partial charge on any atom is -0.497 e. The SMILES string of the molecule is COc1ccc2c(c1)oc(=O)n2-c1ncc(C(=O)NC2C=NC=CC2N2CCNCC2)o1. The van der Waals surface area contributed by atoms with Crippen LogP contribution in [0.15, 0.2) is 55.3 Å². The van der Waals surface area contributed by atoms with Crippen molar-refractivity contribution in [1.82, 2.24) is 25.1 Å². The summed E-state index contributed by atoms with van der Waals surface area (Å²) < 4.78 is 17.2. The van der Waals surface area contributed by atoms with Crippen LogP contribution in [0.4, 0.5) is 0 Å². The van der Waals surface area contributed by atoms with Gasteiger partial charge in [-0.3, -0.25) is 14.7 Å². The molecule has 0 aliphatic carbocycles. The summed E-state index contributed by atoms with van der Waals surface area (Å²) in [5.74, 6) is -0.589. The van der Waals surface area contributed by atoms with Crippen molar-refractivity contribution in [3.63, 3.8) is 0 Å². The van der Waals surface area contributed by atoms with E-state index in [1.54, 1.807) is 30.6 Å². The summed E-state index contributed by atoms with van der Waals surface area (Å²) in [6.07, 6.45) is 6.72. The van der Waals surface area contributed by atoms with Crippen LogP contribution in [0.5, 0.6) is 5.75 Å². The second-order valence-corrected chi connectivity index (χ2v) is 7.46. The number of ether oxygens (including phenoxy) is 1. The van der Waals surface area contributed by atoms with Crippen molar-refractivity contribution >= 4 is 23.2 Å². The third kappa shape index (κ3) is 3.72. The van der Waals surface area contributed by atoms with Crippen LogP contribution in [0.3, 0.4) is 0 Å². The van der Waals surface area contributed by atoms with Crippen LogP contribution in [0.25, 0.3) is 17.1 Å². The number of nitrogens with one attached hydrogen (secondary N) is 2. The van der Waals surface area contributed by atoms with Crippen molar-refractivity contribution in [2.75, 3.05) is 33.3 Å². The Morgan fingerprint density at radius 2 is 2.12 bits per heavy atom. The highest BCUT2D eigenvalue weighted by atomic mass is 16.5. The molecule has 0 saturated carbocycles. The molecule has 2 aliphatic rings. The first-order valence-electron chi connectivity index (χ1n) is 10.3. The maximum absolute atomic E-state index is 12.9. The molecule has 166 valence electrons. The van der Waals surface area contributed by atoms with Crippen LogP contribution in [0.2, 0.25) is 0 Å². The van der Waals surface area contributed by atoms with E-state index in [1.165, 1.54) is 17.9 Å². The van der Waals surface area contributed by atoms with Crippen molar-refractivity contribution in [1.29, 1.82) is 0 Å². The quantitative estimate of drug-likeness (QED) is 0.591. The summed E-state index contributed by atoms with van der Waals surface area (Å²) in [5.41, 5.74) is 0.774. The predicted octanol–water partition coefficient (Wildman–Crippen LogP) is 0.551. The largest absolute Gasteiger partial charge is 0.497 e. The normalized spacial score (nSPS) is 21.2. The molecule has 1 amide bonds. The van der Waals surface area contributed by atoms with Gasteiger partial charge < -0.3 is 24.2 Å². The number of hydrogen-bond acceptors (Lipinski definition) is 9. The molecule has 0 bridgehead atoms. The number of piperazine rings is 1. The van der Waals surface area contributed by atoms with Crippen molar-refractivity contribution in [3.05, 3.63) is 53.0 Å². The first kappa shape index (κ1) is 20.2. The Morgan fingerprint density at radius 1 is 1.28 bits per heavy atom. The second kappa shape index (κ2) is 8.44. The van der Waals surface area contributed by atoms with Gasteiger partial charge in [-0.15, -0.1) is 0 Å². The number of aliphatic imine (C=N–C) groups is 1. The van der Waals surface area contributed by atoms with E-state index < -0.39 is 11.7 Å². The fourth-order valence-electron chi connectivity index (χ4n) is 3.94. The summed E-state index contributed by atoms with van der Waals surface area (Å²) in [5, 5.41) is 6.27. The van der Waals surface area contributed by atoms with Crippen molar-refractivity contribution in [2.24, 2.45) is 4.99 Å². The van der Waals surface area contributed by atoms with E-state index in [2.05, 4.69) is 25.5 Å². The lowest BCUT2D eigenvalue weighted by Crippen LogP contribution is -2.57. The number of amides is 1. The van der Waals surface area contributed by atoms with Gasteiger partial charge in [-0.2, -0.15) is 4.57 Å². The van der Waals surface area contributed by atoms with Gasteiger partial charge in [-0.1, -0.05) is 0 Å². The van der Waals surface area contributed by atoms with E-state index in [1.807, 2.05) is 6.08 Å². The molecule has 4 heterocycles. The number of hydrogen-bond donors (Lipinski definition) is 2. The Bertz CT molecular complexity index is 1250. The molecule has 5 rings (SSSR count). The van der Waals surface area contributed by atoms with E-state index in [0.717, 1.165) is 26.2 Å². The third-order valence-electron chi connectivity index (χ3n) is 5.55. The number of nitrogens with zero attached hydrogens (tertiary/aromatic N) is 4. The van der Waals surface area contributed by atoms with Crippen LogP contribution in [0.1, 0.15) is 10.6 Å². The lowest BCUT2D eigenvalue weighted by Gasteiger charge is -2.37. The maximum atomic E-state index is 12.9. The molecule has 0 radical (unpaired) electrons. The summed E-state index contributed by atoms with van der Waals surface area (Å²) >= 11 is 0. The van der Waals surface area contributed by atoms with Gasteiger partial charge in [0, 0.05) is 44.7 Å². The molecule has 1 saturated heterocycles. The lowest BCUT2D eigenvalue weighted by atomic mass is 10.0. The molecule has 11 heteroatoms. The Hall–Kier alpha value is -3.70. The van der Waals surface area contributed by atoms with Crippen LogP contribution < -0.4 is 21.1 Å². The first-order chi connectivity index (χ1) is 15.6. The number of fused-ring (bicyclic) bond motifs is 1. The highest BCUT2D eigenvalue weighted by Crippen LogP contribution is 2.22. The van der Waals surface area contributed by atoms with Gasteiger partial charge in [0.05, 0.1) is 25.4 Å². The topological polar surface area (TPSA) is 127 Å². The van der Waals surface area contributed by atoms with Crippen molar-refractivity contribution < 1.29 is 18.4 Å². The van der Waals surface area contributed by atoms with Gasteiger partial charge in [-0.25, -0.2) is 9.78 Å². The number of rotatable bonds is 5. The Morgan fingerprint density at radius 3 is 2.94 bits per heavy atom. The molecule has 2 atom stereocenters. The molecule has 2 aromatic heterocycles. The fourth-order valence-corrected chi connectivity index (χ4v) is 3.94. The van der Waals surface area contributed by atoms with Crippen LogP contribution in [0, 0.1) is 0 Å². The number of aromatic nitrogens is 2. The van der Waals surface area contributed by atoms with Gasteiger partial charge in [0.2, 0.25) is 5.76 Å². The van der Waals surface area contributed by atoms with Crippen LogP contribution >= 0.6 is 0 Å². The summed E-state index contributed by atoms with van der Waals surface area (Å²) in [4.78, 5) is 35.8. The number of methoxy groups -OCH3 is 1. The molecule has 0 spiro atoms. The maximum Gasteiger partial charge on any atom is 0.428 e. The monoisotopic (exact) mass is 438 g/mol. The number of oxazole rings is 2. The van der Waals surface area contributed by atoms with Crippen molar-refractivity contribution in [2.45, 2.75) is 12.1 Å². The van der Waals surface area contributed by atoms with Crippen LogP contribution in [-0.4, -0.2) is 71.9 Å². The van der Waals surface area contributed by atoms with E-state index >= 15 is 0 Å². The molecule has 2 aliphatic heterocycles. The molecule has 1 aromatic carbocycles. The Labute approximate surface area is 182 Å². The number of carbonyl (C=O) groups is 1. The fraction of sp³-hybridized carbons (Fsp3) is 0.333. The van der Waals surface area contributed by atoms with E-state index in [-0.39, 0.29) is 23.9 Å². The minimum absolute atomic E-state index is 0.00337. The molecule has 2 unspecified atom stereocenters. The zero-order chi connectivity index (χ0) is 22.1. The molecular weight excluding hydrogens is 416 g/mol. The van der Waals surface area contributed by atoms with Gasteiger partial charge in [0.15, 0.2) is 5.58 Å². The summed E-state index contributed by atoms with van der Waals surface area (Å²) in [7, 11) is 1.52. The van der Waals surface area contributed by atoms with Gasteiger partial charge >= 0.3 is 11.8 Å². The lowest BCUT2D eigenvalue weighted by molar-refractivity contribution is 0.0896. The average Bonchev–Trinajstić information content (AvgIpc) is 3.43. The molecule has 2 N–H and O–H groups in total. The third-order valence-corrected chi connectivity index (χ3v) is 5.55. The molecular formula is C21H22N6O5. The summed E-state index contributed by atoms with van der Waals surface area (Å²) in [6, 6.07) is 4.57. The van der Waals surface area contributed by atoms with Gasteiger partial charge in [0.25, 0.3) is 5.91 Å². The molecule has 32 heavy (non-hydrogen) atoms. The average molecular weight is 438 g/mol. The van der Waals surface area contributed by atoms with E-state index in [0.29, 0.717) is 16.8 Å². The Balaban J connectivity index is 1.37. The van der Waals surface area contributed by atoms with Crippen molar-refractivity contribution in [3.8, 4) is 11.8 Å². The highest BCUT2D eigenvalue weighted by Gasteiger charge is 2.29. The minimum atomic E-state index is -0.676. The highest BCUT2D eigenvalue weighted by molar-refractivity contribution is 5.93. The first-order valence-corrected chi connectivity index (χ1v) is 10.3. The molecule has 11 nitrogen and oxygen atoms in total. The zero-order valence-electron chi connectivity index (χ0n) is 17.4. The zero-order valence-corrected chi connectivity index (χ0v) is 17.4. The standard InChI is InChI=1S/C21H22N6O5/c1-30-13-2-3-16-17(10-13)32-21(29)27(16)20-24-12-18(31-20)19(28)25-14-11-23-5-4-15(14)26-8-6-22-7-9-26/h2-5,10-12,14-15,22H,6-9H2,1H3,(H,25,28). The van der Waals surface area contributed by atoms with Gasteiger partial charge in [0.1, 0.15) is 11.3 Å². The van der Waals surface area contributed by atoms with Gasteiger partial charge in [-0.05, 0) is 18.2 Å². The van der Waals surface area contributed by atoms with E-state index in [4.69, 9.17) is 13.6 Å².